The Bertz CT molecular complexity index is 365. The van der Waals surface area contributed by atoms with E-state index in [4.69, 9.17) is 4.74 Å². The zero-order valence-corrected chi connectivity index (χ0v) is 11.0. The van der Waals surface area contributed by atoms with Crippen molar-refractivity contribution in [3.63, 3.8) is 0 Å². The SMILES string of the molecule is CC(F)(F)C(F)(F)CCCCOC(=O)C1CCC(=O)O1. The summed E-state index contributed by atoms with van der Waals surface area (Å²) < 4.78 is 60.1. The van der Waals surface area contributed by atoms with E-state index in [2.05, 4.69) is 4.74 Å². The highest BCUT2D eigenvalue weighted by Gasteiger charge is 2.51. The van der Waals surface area contributed by atoms with Gasteiger partial charge in [0.15, 0.2) is 6.10 Å². The molecule has 0 aliphatic carbocycles. The van der Waals surface area contributed by atoms with Crippen LogP contribution in [0.15, 0.2) is 0 Å². The normalized spacial score (nSPS) is 19.9. The fourth-order valence-electron chi connectivity index (χ4n) is 1.63. The molecule has 8 heteroatoms. The lowest BCUT2D eigenvalue weighted by Gasteiger charge is -2.22. The molecule has 1 saturated heterocycles. The van der Waals surface area contributed by atoms with Crippen molar-refractivity contribution >= 4 is 11.9 Å². The van der Waals surface area contributed by atoms with E-state index in [1.165, 1.54) is 0 Å². The molecule has 1 atom stereocenters. The van der Waals surface area contributed by atoms with Gasteiger partial charge in [0, 0.05) is 26.2 Å². The number of hydrogen-bond acceptors (Lipinski definition) is 4. The van der Waals surface area contributed by atoms with Gasteiger partial charge in [0.2, 0.25) is 0 Å². The molecule has 1 aliphatic heterocycles. The number of hydrogen-bond donors (Lipinski definition) is 0. The molecule has 0 bridgehead atoms. The fraction of sp³-hybridized carbons (Fsp3) is 0.833. The predicted molar refractivity (Wildman–Crippen MR) is 59.5 cm³/mol. The van der Waals surface area contributed by atoms with Crippen molar-refractivity contribution in [2.45, 2.75) is 57.0 Å². The van der Waals surface area contributed by atoms with Crippen molar-refractivity contribution in [3.05, 3.63) is 0 Å². The maximum Gasteiger partial charge on any atom is 0.347 e. The van der Waals surface area contributed by atoms with Gasteiger partial charge in [0.25, 0.3) is 0 Å². The Morgan fingerprint density at radius 2 is 2.00 bits per heavy atom. The monoisotopic (exact) mass is 300 g/mol. The summed E-state index contributed by atoms with van der Waals surface area (Å²) in [6.07, 6.45) is -1.71. The van der Waals surface area contributed by atoms with Crippen LogP contribution in [0, 0.1) is 0 Å². The first-order chi connectivity index (χ1) is 9.13. The van der Waals surface area contributed by atoms with Crippen LogP contribution in [0.5, 0.6) is 0 Å². The molecule has 0 aromatic heterocycles. The number of carbonyl (C=O) groups excluding carboxylic acids is 2. The van der Waals surface area contributed by atoms with Gasteiger partial charge in [0.1, 0.15) is 0 Å². The molecule has 0 aromatic rings. The van der Waals surface area contributed by atoms with Crippen LogP contribution in [-0.2, 0) is 19.1 Å². The van der Waals surface area contributed by atoms with Crippen LogP contribution in [0.1, 0.15) is 39.0 Å². The van der Waals surface area contributed by atoms with Crippen LogP contribution in [0.3, 0.4) is 0 Å². The van der Waals surface area contributed by atoms with Gasteiger partial charge in [-0.15, -0.1) is 0 Å². The minimum absolute atomic E-state index is 0.0398. The maximum absolute atomic E-state index is 12.9. The van der Waals surface area contributed by atoms with Crippen LogP contribution >= 0.6 is 0 Å². The molecular formula is C12H16F4O4. The van der Waals surface area contributed by atoms with Crippen molar-refractivity contribution in [1.82, 2.24) is 0 Å². The number of alkyl halides is 4. The Morgan fingerprint density at radius 3 is 2.50 bits per heavy atom. The van der Waals surface area contributed by atoms with Crippen molar-refractivity contribution in [3.8, 4) is 0 Å². The molecule has 1 unspecified atom stereocenters. The van der Waals surface area contributed by atoms with Gasteiger partial charge in [-0.3, -0.25) is 4.79 Å². The third-order valence-electron chi connectivity index (χ3n) is 2.92. The summed E-state index contributed by atoms with van der Waals surface area (Å²) in [4.78, 5) is 22.1. The number of ether oxygens (including phenoxy) is 2. The number of esters is 2. The van der Waals surface area contributed by atoms with E-state index in [1.807, 2.05) is 0 Å². The Balaban J connectivity index is 2.16. The zero-order valence-electron chi connectivity index (χ0n) is 11.0. The molecule has 1 aliphatic rings. The smallest absolute Gasteiger partial charge is 0.347 e. The van der Waals surface area contributed by atoms with Crippen molar-refractivity contribution < 1.29 is 36.6 Å². The molecule has 0 aromatic carbocycles. The average molecular weight is 300 g/mol. The largest absolute Gasteiger partial charge is 0.463 e. The second kappa shape index (κ2) is 6.41. The molecule has 4 nitrogen and oxygen atoms in total. The average Bonchev–Trinajstić information content (AvgIpc) is 2.73. The van der Waals surface area contributed by atoms with E-state index < -0.39 is 36.3 Å². The summed E-state index contributed by atoms with van der Waals surface area (Å²) in [6, 6.07) is 0. The summed E-state index contributed by atoms with van der Waals surface area (Å²) in [5, 5.41) is 0. The van der Waals surface area contributed by atoms with Crippen molar-refractivity contribution in [2.75, 3.05) is 6.61 Å². The van der Waals surface area contributed by atoms with E-state index in [-0.39, 0.29) is 39.2 Å². The van der Waals surface area contributed by atoms with Gasteiger partial charge in [-0.2, -0.15) is 8.78 Å². The predicted octanol–water partition coefficient (Wildman–Crippen LogP) is 2.70. The number of halogens is 4. The number of unbranched alkanes of at least 4 members (excludes halogenated alkanes) is 1. The van der Waals surface area contributed by atoms with E-state index in [1.54, 1.807) is 0 Å². The van der Waals surface area contributed by atoms with Gasteiger partial charge in [-0.05, 0) is 12.8 Å². The second-order valence-electron chi connectivity index (χ2n) is 4.73. The van der Waals surface area contributed by atoms with Gasteiger partial charge < -0.3 is 9.47 Å². The minimum Gasteiger partial charge on any atom is -0.463 e. The minimum atomic E-state index is -4.07. The third-order valence-corrected chi connectivity index (χ3v) is 2.92. The van der Waals surface area contributed by atoms with Crippen LogP contribution in [-0.4, -0.2) is 36.5 Å². The lowest BCUT2D eigenvalue weighted by Crippen LogP contribution is -2.37. The Hall–Kier alpha value is -1.34. The molecule has 0 spiro atoms. The highest BCUT2D eigenvalue weighted by Crippen LogP contribution is 2.37. The third kappa shape index (κ3) is 4.64. The molecule has 0 amide bonds. The van der Waals surface area contributed by atoms with E-state index in [0.717, 1.165) is 0 Å². The highest BCUT2D eigenvalue weighted by molar-refractivity contribution is 5.82. The zero-order chi connectivity index (χ0) is 15.4. The number of carbonyl (C=O) groups is 2. The second-order valence-corrected chi connectivity index (χ2v) is 4.73. The van der Waals surface area contributed by atoms with Crippen LogP contribution in [0.4, 0.5) is 17.6 Å². The van der Waals surface area contributed by atoms with Gasteiger partial charge in [-0.25, -0.2) is 13.6 Å². The van der Waals surface area contributed by atoms with Crippen molar-refractivity contribution in [1.29, 1.82) is 0 Å². The van der Waals surface area contributed by atoms with E-state index in [0.29, 0.717) is 0 Å². The Morgan fingerprint density at radius 1 is 1.35 bits per heavy atom. The molecule has 1 fully saturated rings. The summed E-state index contributed by atoms with van der Waals surface area (Å²) in [7, 11) is 0. The fourth-order valence-corrected chi connectivity index (χ4v) is 1.63. The standard InChI is InChI=1S/C12H16F4O4/c1-11(13,14)12(15,16)6-2-3-7-19-10(18)8-4-5-9(17)20-8/h8H,2-7H2,1H3. The van der Waals surface area contributed by atoms with Gasteiger partial charge >= 0.3 is 23.8 Å². The Labute approximate surface area is 113 Å². The summed E-state index contributed by atoms with van der Waals surface area (Å²) in [5.74, 6) is -9.36. The first-order valence-electron chi connectivity index (χ1n) is 6.25. The summed E-state index contributed by atoms with van der Waals surface area (Å²) >= 11 is 0. The van der Waals surface area contributed by atoms with E-state index >= 15 is 0 Å². The molecule has 0 radical (unpaired) electrons. The summed E-state index contributed by atoms with van der Waals surface area (Å²) in [6.45, 7) is -0.000279. The first-order valence-corrected chi connectivity index (χ1v) is 6.25. The molecule has 20 heavy (non-hydrogen) atoms. The van der Waals surface area contributed by atoms with Gasteiger partial charge in [-0.1, -0.05) is 0 Å². The first kappa shape index (κ1) is 16.7. The molecule has 1 heterocycles. The van der Waals surface area contributed by atoms with Crippen molar-refractivity contribution in [2.24, 2.45) is 0 Å². The van der Waals surface area contributed by atoms with Crippen LogP contribution < -0.4 is 0 Å². The van der Waals surface area contributed by atoms with Crippen LogP contribution in [0.25, 0.3) is 0 Å². The van der Waals surface area contributed by atoms with Crippen LogP contribution in [0.2, 0.25) is 0 Å². The number of cyclic esters (lactones) is 1. The topological polar surface area (TPSA) is 52.6 Å². The molecule has 0 saturated carbocycles. The highest BCUT2D eigenvalue weighted by atomic mass is 19.3. The summed E-state index contributed by atoms with van der Waals surface area (Å²) in [5.41, 5.74) is 0. The molecule has 116 valence electrons. The molecule has 0 N–H and O–H groups in total. The number of rotatable bonds is 7. The lowest BCUT2D eigenvalue weighted by atomic mass is 10.1. The molecule has 1 rings (SSSR count). The lowest BCUT2D eigenvalue weighted by molar-refractivity contribution is -0.201. The maximum atomic E-state index is 12.9. The van der Waals surface area contributed by atoms with E-state index in [9.17, 15) is 27.2 Å². The molecular weight excluding hydrogens is 284 g/mol. The Kier molecular flexibility index (Phi) is 5.35. The quantitative estimate of drug-likeness (QED) is 0.412. The van der Waals surface area contributed by atoms with Gasteiger partial charge in [0.05, 0.1) is 6.61 Å².